The summed E-state index contributed by atoms with van der Waals surface area (Å²) in [4.78, 5) is 18.4. The molecule has 2 aromatic carbocycles. The SMILES string of the molecule is CCC[C@@H](CCCN(C)Cc1ccc(-c2nc3ccc(F)cc3o2)cc1)NC(=O)CC. The molecule has 1 aromatic heterocycles. The van der Waals surface area contributed by atoms with Crippen LogP contribution in [0.3, 0.4) is 0 Å². The van der Waals surface area contributed by atoms with Gasteiger partial charge < -0.3 is 14.6 Å². The van der Waals surface area contributed by atoms with Crippen molar-refractivity contribution in [2.45, 2.75) is 58.5 Å². The molecule has 6 heteroatoms. The maximum absolute atomic E-state index is 13.4. The normalized spacial score (nSPS) is 12.4. The van der Waals surface area contributed by atoms with Gasteiger partial charge in [-0.25, -0.2) is 9.37 Å². The van der Waals surface area contributed by atoms with Crippen molar-refractivity contribution in [3.63, 3.8) is 0 Å². The third-order valence-electron chi connectivity index (χ3n) is 5.42. The highest BCUT2D eigenvalue weighted by molar-refractivity contribution is 5.76. The van der Waals surface area contributed by atoms with Crippen LogP contribution in [-0.2, 0) is 11.3 Å². The fourth-order valence-corrected chi connectivity index (χ4v) is 3.74. The average molecular weight is 426 g/mol. The largest absolute Gasteiger partial charge is 0.436 e. The molecule has 1 heterocycles. The number of halogens is 1. The molecule has 1 amide bonds. The molecule has 0 fully saturated rings. The van der Waals surface area contributed by atoms with E-state index >= 15 is 0 Å². The summed E-state index contributed by atoms with van der Waals surface area (Å²) >= 11 is 0. The van der Waals surface area contributed by atoms with Crippen molar-refractivity contribution >= 4 is 17.0 Å². The summed E-state index contributed by atoms with van der Waals surface area (Å²) in [6, 6.07) is 12.8. The Morgan fingerprint density at radius 3 is 2.65 bits per heavy atom. The number of nitrogens with one attached hydrogen (secondary N) is 1. The molecule has 0 aliphatic rings. The number of carbonyl (C=O) groups excluding carboxylic acids is 1. The van der Waals surface area contributed by atoms with Crippen LogP contribution in [-0.4, -0.2) is 35.4 Å². The lowest BCUT2D eigenvalue weighted by Crippen LogP contribution is -2.34. The smallest absolute Gasteiger partial charge is 0.227 e. The Labute approximate surface area is 183 Å². The van der Waals surface area contributed by atoms with Crippen LogP contribution in [0.1, 0.15) is 51.5 Å². The van der Waals surface area contributed by atoms with Crippen molar-refractivity contribution in [1.29, 1.82) is 0 Å². The Bertz CT molecular complexity index is 984. The number of aromatic nitrogens is 1. The fraction of sp³-hybridized carbons (Fsp3) is 0.440. The Kier molecular flexibility index (Phi) is 8.18. The topological polar surface area (TPSA) is 58.4 Å². The van der Waals surface area contributed by atoms with Gasteiger partial charge in [0.1, 0.15) is 11.3 Å². The number of carbonyl (C=O) groups is 1. The van der Waals surface area contributed by atoms with Crippen LogP contribution in [0.5, 0.6) is 0 Å². The summed E-state index contributed by atoms with van der Waals surface area (Å²) in [7, 11) is 2.11. The van der Waals surface area contributed by atoms with Crippen molar-refractivity contribution in [2.24, 2.45) is 0 Å². The van der Waals surface area contributed by atoms with E-state index in [1.165, 1.54) is 17.7 Å². The fourth-order valence-electron chi connectivity index (χ4n) is 3.74. The van der Waals surface area contributed by atoms with Crippen LogP contribution in [0.4, 0.5) is 4.39 Å². The Hall–Kier alpha value is -2.73. The van der Waals surface area contributed by atoms with Gasteiger partial charge in [0.25, 0.3) is 0 Å². The number of hydrogen-bond donors (Lipinski definition) is 1. The molecule has 0 spiro atoms. The summed E-state index contributed by atoms with van der Waals surface area (Å²) in [6.45, 7) is 5.86. The van der Waals surface area contributed by atoms with Gasteiger partial charge in [0.2, 0.25) is 11.8 Å². The molecule has 0 bridgehead atoms. The molecule has 1 N–H and O–H groups in total. The van der Waals surface area contributed by atoms with Crippen LogP contribution >= 0.6 is 0 Å². The zero-order chi connectivity index (χ0) is 22.2. The number of rotatable bonds is 11. The van der Waals surface area contributed by atoms with Crippen molar-refractivity contribution in [1.82, 2.24) is 15.2 Å². The van der Waals surface area contributed by atoms with Crippen molar-refractivity contribution in [3.05, 3.63) is 53.8 Å². The van der Waals surface area contributed by atoms with Gasteiger partial charge in [-0.15, -0.1) is 0 Å². The molecule has 0 saturated carbocycles. The van der Waals surface area contributed by atoms with Gasteiger partial charge >= 0.3 is 0 Å². The van der Waals surface area contributed by atoms with Gasteiger partial charge in [-0.2, -0.15) is 0 Å². The summed E-state index contributed by atoms with van der Waals surface area (Å²) in [6.07, 6.45) is 4.69. The van der Waals surface area contributed by atoms with Gasteiger partial charge in [-0.05, 0) is 62.7 Å². The molecule has 166 valence electrons. The zero-order valence-corrected chi connectivity index (χ0v) is 18.7. The second-order valence-electron chi connectivity index (χ2n) is 8.11. The van der Waals surface area contributed by atoms with E-state index in [9.17, 15) is 9.18 Å². The third-order valence-corrected chi connectivity index (χ3v) is 5.42. The number of amides is 1. The van der Waals surface area contributed by atoms with E-state index in [1.807, 2.05) is 19.1 Å². The van der Waals surface area contributed by atoms with E-state index in [1.54, 1.807) is 6.07 Å². The van der Waals surface area contributed by atoms with E-state index in [0.29, 0.717) is 23.4 Å². The monoisotopic (exact) mass is 425 g/mol. The summed E-state index contributed by atoms with van der Waals surface area (Å²) in [5.74, 6) is 0.301. The van der Waals surface area contributed by atoms with Gasteiger partial charge in [-0.1, -0.05) is 32.4 Å². The summed E-state index contributed by atoms with van der Waals surface area (Å²) < 4.78 is 19.1. The summed E-state index contributed by atoms with van der Waals surface area (Å²) in [5, 5.41) is 3.13. The minimum absolute atomic E-state index is 0.135. The Morgan fingerprint density at radius 1 is 1.16 bits per heavy atom. The zero-order valence-electron chi connectivity index (χ0n) is 18.7. The van der Waals surface area contributed by atoms with E-state index < -0.39 is 0 Å². The lowest BCUT2D eigenvalue weighted by Gasteiger charge is -2.21. The molecule has 0 radical (unpaired) electrons. The first-order valence-corrected chi connectivity index (χ1v) is 11.1. The lowest BCUT2D eigenvalue weighted by atomic mass is 10.1. The number of oxazole rings is 1. The number of fused-ring (bicyclic) bond motifs is 1. The van der Waals surface area contributed by atoms with Crippen LogP contribution in [0.2, 0.25) is 0 Å². The molecule has 3 rings (SSSR count). The van der Waals surface area contributed by atoms with Gasteiger partial charge in [0.15, 0.2) is 5.58 Å². The number of hydrogen-bond acceptors (Lipinski definition) is 4. The van der Waals surface area contributed by atoms with E-state index in [2.05, 4.69) is 41.3 Å². The maximum Gasteiger partial charge on any atom is 0.227 e. The van der Waals surface area contributed by atoms with Crippen molar-refractivity contribution in [2.75, 3.05) is 13.6 Å². The molecule has 0 aliphatic carbocycles. The third kappa shape index (κ3) is 6.62. The highest BCUT2D eigenvalue weighted by atomic mass is 19.1. The quantitative estimate of drug-likeness (QED) is 0.438. The predicted octanol–water partition coefficient (Wildman–Crippen LogP) is 5.54. The first kappa shape index (κ1) is 22.9. The second kappa shape index (κ2) is 11.0. The lowest BCUT2D eigenvalue weighted by molar-refractivity contribution is -0.121. The molecule has 1 atom stereocenters. The van der Waals surface area contributed by atoms with Crippen LogP contribution in [0.15, 0.2) is 46.9 Å². The highest BCUT2D eigenvalue weighted by Gasteiger charge is 2.12. The van der Waals surface area contributed by atoms with Gasteiger partial charge in [0.05, 0.1) is 0 Å². The molecular formula is C25H32FN3O2. The second-order valence-corrected chi connectivity index (χ2v) is 8.11. The highest BCUT2D eigenvalue weighted by Crippen LogP contribution is 2.25. The molecule has 31 heavy (non-hydrogen) atoms. The maximum atomic E-state index is 13.4. The van der Waals surface area contributed by atoms with Crippen LogP contribution in [0, 0.1) is 5.82 Å². The van der Waals surface area contributed by atoms with E-state index in [0.717, 1.165) is 44.3 Å². The van der Waals surface area contributed by atoms with Crippen LogP contribution < -0.4 is 5.32 Å². The number of nitrogens with zero attached hydrogens (tertiary/aromatic N) is 2. The first-order chi connectivity index (χ1) is 15.0. The standard InChI is InChI=1S/C25H32FN3O2/c1-4-7-21(27-24(30)5-2)8-6-15-29(3)17-18-9-11-19(12-10-18)25-28-22-14-13-20(26)16-23(22)31-25/h9-14,16,21H,4-8,15,17H2,1-3H3,(H,27,30)/t21-/m0/s1. The molecule has 0 saturated heterocycles. The van der Waals surface area contributed by atoms with E-state index in [4.69, 9.17) is 4.42 Å². The molecule has 5 nitrogen and oxygen atoms in total. The molecular weight excluding hydrogens is 393 g/mol. The first-order valence-electron chi connectivity index (χ1n) is 11.1. The molecule has 0 aliphatic heterocycles. The van der Waals surface area contributed by atoms with Gasteiger partial charge in [-0.3, -0.25) is 4.79 Å². The van der Waals surface area contributed by atoms with Crippen molar-refractivity contribution < 1.29 is 13.6 Å². The van der Waals surface area contributed by atoms with Crippen molar-refractivity contribution in [3.8, 4) is 11.5 Å². The average Bonchev–Trinajstić information content (AvgIpc) is 3.17. The van der Waals surface area contributed by atoms with Gasteiger partial charge in [0, 0.05) is 30.6 Å². The predicted molar refractivity (Wildman–Crippen MR) is 122 cm³/mol. The summed E-state index contributed by atoms with van der Waals surface area (Å²) in [5.41, 5.74) is 3.18. The molecule has 3 aromatic rings. The van der Waals surface area contributed by atoms with E-state index in [-0.39, 0.29) is 17.8 Å². The molecule has 0 unspecified atom stereocenters. The Balaban J connectivity index is 1.51. The number of benzene rings is 2. The Morgan fingerprint density at radius 2 is 1.94 bits per heavy atom. The van der Waals surface area contributed by atoms with Crippen LogP contribution in [0.25, 0.3) is 22.6 Å². The minimum atomic E-state index is -0.331. The minimum Gasteiger partial charge on any atom is -0.436 e.